The summed E-state index contributed by atoms with van der Waals surface area (Å²) in [6.07, 6.45) is -1.24. The second-order valence-corrected chi connectivity index (χ2v) is 4.86. The van der Waals surface area contributed by atoms with Crippen LogP contribution in [0.25, 0.3) is 0 Å². The Morgan fingerprint density at radius 2 is 1.95 bits per heavy atom. The fourth-order valence-corrected chi connectivity index (χ4v) is 1.61. The quantitative estimate of drug-likeness (QED) is 0.469. The highest BCUT2D eigenvalue weighted by Gasteiger charge is 2.37. The number of ether oxygens (including phenoxy) is 1. The Bertz CT molecular complexity index is 338. The van der Waals surface area contributed by atoms with E-state index >= 15 is 0 Å². The third-order valence-corrected chi connectivity index (χ3v) is 2.71. The molecule has 0 aliphatic carbocycles. The molecule has 0 fully saturated rings. The number of aliphatic hydroxyl groups excluding tert-OH is 1. The van der Waals surface area contributed by atoms with Crippen LogP contribution in [0.2, 0.25) is 0 Å². The highest BCUT2D eigenvalue weighted by atomic mass is 16.6. The maximum Gasteiger partial charge on any atom is 0.194 e. The van der Waals surface area contributed by atoms with Crippen LogP contribution < -0.4 is 5.90 Å². The second kappa shape index (κ2) is 7.49. The molecule has 19 heavy (non-hydrogen) atoms. The van der Waals surface area contributed by atoms with Crippen molar-refractivity contribution in [1.29, 1.82) is 0 Å². The lowest BCUT2D eigenvalue weighted by Crippen LogP contribution is -2.48. The van der Waals surface area contributed by atoms with Gasteiger partial charge in [0.15, 0.2) is 11.6 Å². The van der Waals surface area contributed by atoms with E-state index in [2.05, 4.69) is 11.4 Å². The zero-order chi connectivity index (χ0) is 15.2. The fraction of sp³-hybridized carbons (Fsp3) is 0.692. The van der Waals surface area contributed by atoms with Crippen molar-refractivity contribution in [3.63, 3.8) is 0 Å². The van der Waals surface area contributed by atoms with E-state index in [0.29, 0.717) is 0 Å². The SMILES string of the molecule is C=CCC(OC(C)(C)C(=O)C(C)ON)C(=O)C(C)O. The number of carbonyl (C=O) groups is 2. The molecule has 0 bridgehead atoms. The molecule has 0 aliphatic heterocycles. The van der Waals surface area contributed by atoms with E-state index in [4.69, 9.17) is 10.6 Å². The molecule has 6 heteroatoms. The number of ketones is 2. The fourth-order valence-electron chi connectivity index (χ4n) is 1.61. The number of hydrogen-bond donors (Lipinski definition) is 2. The summed E-state index contributed by atoms with van der Waals surface area (Å²) in [5.41, 5.74) is -1.25. The highest BCUT2D eigenvalue weighted by molar-refractivity contribution is 5.91. The molecular weight excluding hydrogens is 250 g/mol. The van der Waals surface area contributed by atoms with Gasteiger partial charge in [0.25, 0.3) is 0 Å². The van der Waals surface area contributed by atoms with Gasteiger partial charge in [-0.2, -0.15) is 0 Å². The lowest BCUT2D eigenvalue weighted by Gasteiger charge is -2.30. The normalized spacial score (nSPS) is 16.5. The maximum atomic E-state index is 12.0. The third kappa shape index (κ3) is 5.20. The summed E-state index contributed by atoms with van der Waals surface area (Å²) in [4.78, 5) is 28.2. The molecule has 0 amide bonds. The smallest absolute Gasteiger partial charge is 0.194 e. The van der Waals surface area contributed by atoms with Gasteiger partial charge in [-0.05, 0) is 34.1 Å². The third-order valence-electron chi connectivity index (χ3n) is 2.71. The average Bonchev–Trinajstić information content (AvgIpc) is 2.34. The summed E-state index contributed by atoms with van der Waals surface area (Å²) in [5.74, 6) is 4.08. The molecule has 3 unspecified atom stereocenters. The Morgan fingerprint density at radius 3 is 2.32 bits per heavy atom. The maximum absolute atomic E-state index is 12.0. The minimum absolute atomic E-state index is 0.207. The van der Waals surface area contributed by atoms with Gasteiger partial charge < -0.3 is 9.84 Å². The summed E-state index contributed by atoms with van der Waals surface area (Å²) >= 11 is 0. The first kappa shape index (κ1) is 17.9. The van der Waals surface area contributed by atoms with E-state index in [-0.39, 0.29) is 12.2 Å². The van der Waals surface area contributed by atoms with Crippen molar-refractivity contribution in [3.05, 3.63) is 12.7 Å². The molecule has 0 saturated heterocycles. The predicted octanol–water partition coefficient (Wildman–Crippen LogP) is 0.524. The number of nitrogens with two attached hydrogens (primary N) is 1. The van der Waals surface area contributed by atoms with Gasteiger partial charge in [0, 0.05) is 0 Å². The topological polar surface area (TPSA) is 98.9 Å². The first-order chi connectivity index (χ1) is 8.67. The number of carbonyl (C=O) groups excluding carboxylic acids is 2. The molecule has 0 saturated carbocycles. The van der Waals surface area contributed by atoms with E-state index in [9.17, 15) is 14.7 Å². The molecule has 0 aromatic heterocycles. The predicted molar refractivity (Wildman–Crippen MR) is 70.2 cm³/mol. The molecule has 0 rings (SSSR count). The highest BCUT2D eigenvalue weighted by Crippen LogP contribution is 2.19. The zero-order valence-electron chi connectivity index (χ0n) is 11.9. The Hall–Kier alpha value is -1.08. The second-order valence-electron chi connectivity index (χ2n) is 4.86. The van der Waals surface area contributed by atoms with Crippen LogP contribution in [0.5, 0.6) is 0 Å². The monoisotopic (exact) mass is 273 g/mol. The van der Waals surface area contributed by atoms with Crippen LogP contribution in [0.4, 0.5) is 0 Å². The van der Waals surface area contributed by atoms with Gasteiger partial charge in [0.1, 0.15) is 23.9 Å². The van der Waals surface area contributed by atoms with Crippen molar-refractivity contribution in [3.8, 4) is 0 Å². The Kier molecular flexibility index (Phi) is 7.07. The molecule has 6 nitrogen and oxygen atoms in total. The van der Waals surface area contributed by atoms with Gasteiger partial charge in [0.2, 0.25) is 0 Å². The molecule has 110 valence electrons. The van der Waals surface area contributed by atoms with Crippen molar-refractivity contribution in [2.45, 2.75) is 58.0 Å². The first-order valence-electron chi connectivity index (χ1n) is 6.07. The number of rotatable bonds is 9. The number of Topliss-reactive ketones (excluding diaryl/α,β-unsaturated/α-hetero) is 2. The Labute approximate surface area is 113 Å². The minimum atomic E-state index is -1.25. The summed E-state index contributed by atoms with van der Waals surface area (Å²) < 4.78 is 5.52. The Balaban J connectivity index is 4.96. The lowest BCUT2D eigenvalue weighted by molar-refractivity contribution is -0.165. The van der Waals surface area contributed by atoms with Gasteiger partial charge in [-0.15, -0.1) is 6.58 Å². The molecule has 0 aliphatic rings. The van der Waals surface area contributed by atoms with Crippen LogP contribution in [0.15, 0.2) is 12.7 Å². The summed E-state index contributed by atoms with van der Waals surface area (Å²) in [7, 11) is 0. The van der Waals surface area contributed by atoms with Gasteiger partial charge in [-0.25, -0.2) is 5.90 Å². The molecule has 3 N–H and O–H groups in total. The van der Waals surface area contributed by atoms with Crippen molar-refractivity contribution in [2.75, 3.05) is 0 Å². The van der Waals surface area contributed by atoms with Crippen LogP contribution in [0, 0.1) is 0 Å². The van der Waals surface area contributed by atoms with Crippen molar-refractivity contribution >= 4 is 11.6 Å². The molecule has 0 heterocycles. The molecule has 0 spiro atoms. The van der Waals surface area contributed by atoms with E-state index in [1.54, 1.807) is 0 Å². The molecule has 0 radical (unpaired) electrons. The van der Waals surface area contributed by atoms with Gasteiger partial charge in [-0.1, -0.05) is 6.08 Å². The molecule has 0 aromatic carbocycles. The van der Waals surface area contributed by atoms with E-state index in [1.165, 1.54) is 33.8 Å². The van der Waals surface area contributed by atoms with Crippen LogP contribution in [0.3, 0.4) is 0 Å². The number of aliphatic hydroxyl groups is 1. The van der Waals surface area contributed by atoms with Crippen LogP contribution in [0.1, 0.15) is 34.1 Å². The van der Waals surface area contributed by atoms with Gasteiger partial charge in [-0.3, -0.25) is 14.4 Å². The zero-order valence-corrected chi connectivity index (χ0v) is 11.9. The van der Waals surface area contributed by atoms with E-state index < -0.39 is 29.7 Å². The van der Waals surface area contributed by atoms with Gasteiger partial charge in [0.05, 0.1) is 0 Å². The average molecular weight is 273 g/mol. The Morgan fingerprint density at radius 1 is 1.42 bits per heavy atom. The van der Waals surface area contributed by atoms with E-state index in [1.807, 2.05) is 0 Å². The largest absolute Gasteiger partial charge is 0.386 e. The van der Waals surface area contributed by atoms with Crippen LogP contribution in [-0.2, 0) is 19.2 Å². The van der Waals surface area contributed by atoms with Crippen molar-refractivity contribution in [1.82, 2.24) is 0 Å². The van der Waals surface area contributed by atoms with Gasteiger partial charge >= 0.3 is 0 Å². The molecule has 0 aromatic rings. The van der Waals surface area contributed by atoms with Crippen molar-refractivity contribution in [2.24, 2.45) is 5.90 Å². The summed E-state index contributed by atoms with van der Waals surface area (Å²) in [6, 6.07) is 0. The standard InChI is InChI=1S/C13H23NO5/c1-6-7-10(11(16)8(2)15)18-13(4,5)12(17)9(3)19-14/h6,8-10,15H,1,7,14H2,2-5H3. The summed E-state index contributed by atoms with van der Waals surface area (Å²) in [6.45, 7) is 9.41. The molecule has 3 atom stereocenters. The van der Waals surface area contributed by atoms with Crippen LogP contribution in [-0.4, -0.2) is 40.6 Å². The summed E-state index contributed by atoms with van der Waals surface area (Å²) in [5, 5.41) is 9.32. The number of hydrogen-bond acceptors (Lipinski definition) is 6. The van der Waals surface area contributed by atoms with Crippen molar-refractivity contribution < 1.29 is 24.3 Å². The lowest BCUT2D eigenvalue weighted by atomic mass is 9.98. The van der Waals surface area contributed by atoms with E-state index in [0.717, 1.165) is 0 Å². The minimum Gasteiger partial charge on any atom is -0.386 e. The first-order valence-corrected chi connectivity index (χ1v) is 6.07. The molecular formula is C13H23NO5. The van der Waals surface area contributed by atoms with Crippen LogP contribution >= 0.6 is 0 Å².